The molecule has 1 saturated carbocycles. The first-order chi connectivity index (χ1) is 10.4. The summed E-state index contributed by atoms with van der Waals surface area (Å²) in [7, 11) is 0. The van der Waals surface area contributed by atoms with Crippen LogP contribution in [0.2, 0.25) is 0 Å². The third-order valence-electron chi connectivity index (χ3n) is 7.33. The maximum absolute atomic E-state index is 12.0. The minimum atomic E-state index is 0.199. The molecule has 0 aromatic rings. The van der Waals surface area contributed by atoms with E-state index in [1.165, 1.54) is 31.4 Å². The molecule has 22 heavy (non-hydrogen) atoms. The molecule has 5 atom stereocenters. The van der Waals surface area contributed by atoms with Crippen LogP contribution in [0.5, 0.6) is 0 Å². The van der Waals surface area contributed by atoms with Gasteiger partial charge in [0.2, 0.25) is 5.91 Å². The molecule has 1 aliphatic heterocycles. The fourth-order valence-corrected chi connectivity index (χ4v) is 6.88. The third kappa shape index (κ3) is 1.99. The summed E-state index contributed by atoms with van der Waals surface area (Å²) < 4.78 is 1.60. The Morgan fingerprint density at radius 3 is 2.77 bits per heavy atom. The summed E-state index contributed by atoms with van der Waals surface area (Å²) in [4.78, 5) is 12.0. The van der Waals surface area contributed by atoms with Crippen molar-refractivity contribution < 1.29 is 4.79 Å². The minimum Gasteiger partial charge on any atom is -0.330 e. The summed E-state index contributed by atoms with van der Waals surface area (Å²) in [5.41, 5.74) is 1.88. The van der Waals surface area contributed by atoms with Crippen molar-refractivity contribution in [3.05, 3.63) is 21.4 Å². The van der Waals surface area contributed by atoms with Gasteiger partial charge in [-0.3, -0.25) is 4.79 Å². The maximum Gasteiger partial charge on any atom is 0.224 e. The van der Waals surface area contributed by atoms with Gasteiger partial charge in [0, 0.05) is 22.9 Å². The quantitative estimate of drug-likeness (QED) is 0.562. The van der Waals surface area contributed by atoms with Crippen LogP contribution in [0.15, 0.2) is 21.4 Å². The van der Waals surface area contributed by atoms with E-state index < -0.39 is 0 Å². The average Bonchev–Trinajstić information content (AvgIpc) is 2.68. The Morgan fingerprint density at radius 2 is 1.95 bits per heavy atom. The maximum atomic E-state index is 12.0. The Morgan fingerprint density at radius 1 is 1.14 bits per heavy atom. The van der Waals surface area contributed by atoms with E-state index in [1.807, 2.05) is 0 Å². The number of hydrogen-bond acceptors (Lipinski definition) is 1. The Labute approximate surface area is 147 Å². The topological polar surface area (TPSA) is 29.1 Å². The lowest BCUT2D eigenvalue weighted by Gasteiger charge is -2.55. The molecule has 2 nitrogen and oxygen atoms in total. The first kappa shape index (κ1) is 15.2. The number of carbonyl (C=O) groups is 1. The fourth-order valence-electron chi connectivity index (χ4n) is 5.95. The van der Waals surface area contributed by atoms with Gasteiger partial charge in [-0.25, -0.2) is 0 Å². The Bertz CT molecular complexity index is 580. The van der Waals surface area contributed by atoms with Crippen LogP contribution in [0.3, 0.4) is 0 Å². The predicted octanol–water partition coefficient (Wildman–Crippen LogP) is 4.95. The van der Waals surface area contributed by atoms with E-state index in [-0.39, 0.29) is 11.3 Å². The molecule has 0 bridgehead atoms. The number of fused-ring (bicyclic) bond motifs is 5. The van der Waals surface area contributed by atoms with E-state index in [0.29, 0.717) is 11.8 Å². The number of amides is 1. The SMILES string of the molecule is C[C@]12CCCC(=O)NC1=CC[C@@H]1[C@@H]2CC[C@]2(C)C(I)=CC[C@@H]12. The fraction of sp³-hybridized carbons (Fsp3) is 0.737. The van der Waals surface area contributed by atoms with Crippen molar-refractivity contribution in [2.75, 3.05) is 0 Å². The largest absolute Gasteiger partial charge is 0.330 e. The van der Waals surface area contributed by atoms with Gasteiger partial charge in [0.15, 0.2) is 0 Å². The van der Waals surface area contributed by atoms with E-state index in [0.717, 1.165) is 30.6 Å². The van der Waals surface area contributed by atoms with Gasteiger partial charge in [0.25, 0.3) is 0 Å². The smallest absolute Gasteiger partial charge is 0.224 e. The standard InChI is InChI=1S/C19H26INO/c1-18-11-9-14-12(13(18)6-7-15(18)20)5-8-16-19(14,2)10-3-4-17(22)21-16/h7-8,12-14H,3-6,9-11H2,1-2H3,(H,21,22)/t12-,13-,14-,18-,19+/m0/s1. The first-order valence-electron chi connectivity index (χ1n) is 8.82. The van der Waals surface area contributed by atoms with Crippen molar-refractivity contribution in [2.45, 2.75) is 58.8 Å². The monoisotopic (exact) mass is 411 g/mol. The van der Waals surface area contributed by atoms with E-state index in [9.17, 15) is 4.79 Å². The van der Waals surface area contributed by atoms with E-state index >= 15 is 0 Å². The molecule has 1 saturated heterocycles. The number of nitrogens with one attached hydrogen (secondary N) is 1. The third-order valence-corrected chi connectivity index (χ3v) is 9.00. The van der Waals surface area contributed by atoms with E-state index in [4.69, 9.17) is 0 Å². The highest BCUT2D eigenvalue weighted by atomic mass is 127. The molecule has 0 aromatic heterocycles. The van der Waals surface area contributed by atoms with Crippen LogP contribution in [0.4, 0.5) is 0 Å². The van der Waals surface area contributed by atoms with Gasteiger partial charge in [-0.05, 0) is 82.4 Å². The summed E-state index contributed by atoms with van der Waals surface area (Å²) in [5, 5.41) is 3.24. The van der Waals surface area contributed by atoms with Gasteiger partial charge in [-0.2, -0.15) is 0 Å². The molecule has 3 heteroatoms. The lowest BCUT2D eigenvalue weighted by atomic mass is 9.50. The highest BCUT2D eigenvalue weighted by molar-refractivity contribution is 14.1. The van der Waals surface area contributed by atoms with Gasteiger partial charge in [0.1, 0.15) is 0 Å². The minimum absolute atomic E-state index is 0.199. The molecule has 1 amide bonds. The van der Waals surface area contributed by atoms with Gasteiger partial charge in [0.05, 0.1) is 0 Å². The normalized spacial score (nSPS) is 47.4. The van der Waals surface area contributed by atoms with E-state index in [1.54, 1.807) is 3.58 Å². The Balaban J connectivity index is 1.70. The van der Waals surface area contributed by atoms with Gasteiger partial charge in [-0.1, -0.05) is 26.0 Å². The highest BCUT2D eigenvalue weighted by Gasteiger charge is 2.56. The van der Waals surface area contributed by atoms with Gasteiger partial charge in [-0.15, -0.1) is 0 Å². The van der Waals surface area contributed by atoms with Crippen molar-refractivity contribution in [1.29, 1.82) is 0 Å². The summed E-state index contributed by atoms with van der Waals surface area (Å²) >= 11 is 2.59. The second kappa shape index (κ2) is 5.09. The molecule has 120 valence electrons. The van der Waals surface area contributed by atoms with Crippen LogP contribution in [-0.4, -0.2) is 5.91 Å². The van der Waals surface area contributed by atoms with Crippen molar-refractivity contribution in [1.82, 2.24) is 5.32 Å². The molecular weight excluding hydrogens is 385 g/mol. The lowest BCUT2D eigenvalue weighted by molar-refractivity contribution is -0.120. The molecule has 0 spiro atoms. The van der Waals surface area contributed by atoms with Crippen molar-refractivity contribution >= 4 is 28.5 Å². The van der Waals surface area contributed by atoms with Crippen LogP contribution < -0.4 is 5.32 Å². The highest BCUT2D eigenvalue weighted by Crippen LogP contribution is 2.64. The Hall–Kier alpha value is -0.320. The Kier molecular flexibility index (Phi) is 3.52. The zero-order chi connectivity index (χ0) is 15.5. The molecule has 0 radical (unpaired) electrons. The summed E-state index contributed by atoms with van der Waals surface area (Å²) in [6.45, 7) is 4.92. The molecule has 0 aromatic carbocycles. The van der Waals surface area contributed by atoms with Crippen molar-refractivity contribution in [3.8, 4) is 0 Å². The zero-order valence-corrected chi connectivity index (χ0v) is 15.8. The van der Waals surface area contributed by atoms with Gasteiger partial charge >= 0.3 is 0 Å². The zero-order valence-electron chi connectivity index (χ0n) is 13.6. The lowest BCUT2D eigenvalue weighted by Crippen LogP contribution is -2.49. The number of rotatable bonds is 0. The molecule has 1 heterocycles. The van der Waals surface area contributed by atoms with Crippen LogP contribution in [0, 0.1) is 28.6 Å². The summed E-state index contributed by atoms with van der Waals surface area (Å²) in [6, 6.07) is 0. The molecule has 3 aliphatic carbocycles. The number of allylic oxidation sites excluding steroid dienone is 4. The second-order valence-electron chi connectivity index (χ2n) is 8.29. The van der Waals surface area contributed by atoms with Crippen molar-refractivity contribution in [2.24, 2.45) is 28.6 Å². The van der Waals surface area contributed by atoms with E-state index in [2.05, 4.69) is 53.9 Å². The molecule has 4 rings (SSSR count). The van der Waals surface area contributed by atoms with Crippen molar-refractivity contribution in [3.63, 3.8) is 0 Å². The predicted molar refractivity (Wildman–Crippen MR) is 97.3 cm³/mol. The summed E-state index contributed by atoms with van der Waals surface area (Å²) in [5.74, 6) is 2.59. The number of halogens is 1. The number of carbonyl (C=O) groups excluding carboxylic acids is 1. The molecule has 1 N–H and O–H groups in total. The summed E-state index contributed by atoms with van der Waals surface area (Å²) in [6.07, 6.45) is 12.9. The molecule has 4 aliphatic rings. The molecule has 0 unspecified atom stereocenters. The van der Waals surface area contributed by atoms with Gasteiger partial charge < -0.3 is 5.32 Å². The van der Waals surface area contributed by atoms with Crippen LogP contribution in [-0.2, 0) is 4.79 Å². The first-order valence-corrected chi connectivity index (χ1v) is 9.90. The van der Waals surface area contributed by atoms with Crippen LogP contribution in [0.1, 0.15) is 58.8 Å². The number of hydrogen-bond donors (Lipinski definition) is 1. The average molecular weight is 411 g/mol. The molecule has 2 fully saturated rings. The second-order valence-corrected chi connectivity index (χ2v) is 9.46. The van der Waals surface area contributed by atoms with Crippen LogP contribution >= 0.6 is 22.6 Å². The molecular formula is C19H26INO. The van der Waals surface area contributed by atoms with Crippen LogP contribution in [0.25, 0.3) is 0 Å².